The lowest BCUT2D eigenvalue weighted by Gasteiger charge is -2.16. The second-order valence-electron chi connectivity index (χ2n) is 15.5. The Morgan fingerprint density at radius 2 is 1.25 bits per heavy atom. The summed E-state index contributed by atoms with van der Waals surface area (Å²) < 4.78 is 28.3. The van der Waals surface area contributed by atoms with Crippen LogP contribution in [-0.2, 0) is 56.6 Å². The summed E-state index contributed by atoms with van der Waals surface area (Å²) >= 11 is 0. The van der Waals surface area contributed by atoms with Crippen molar-refractivity contribution in [2.45, 2.75) is 84.3 Å². The van der Waals surface area contributed by atoms with Crippen LogP contribution in [0.2, 0.25) is 0 Å². The molecule has 374 valence electrons. The van der Waals surface area contributed by atoms with Crippen molar-refractivity contribution in [3.05, 3.63) is 137 Å². The second-order valence-corrected chi connectivity index (χ2v) is 18.1. The van der Waals surface area contributed by atoms with E-state index in [1.807, 2.05) is 37.9 Å². The van der Waals surface area contributed by atoms with Gasteiger partial charge in [0.1, 0.15) is 18.3 Å². The fourth-order valence-corrected chi connectivity index (χ4v) is 8.60. The minimum Gasteiger partial charge on any atom is -0.481 e. The maximum absolute atomic E-state index is 12.3. The van der Waals surface area contributed by atoms with Crippen LogP contribution in [0, 0.1) is 13.8 Å². The summed E-state index contributed by atoms with van der Waals surface area (Å²) in [6.45, 7) is 14.4. The zero-order valence-electron chi connectivity index (χ0n) is 37.4. The van der Waals surface area contributed by atoms with Crippen LogP contribution in [0.5, 0.6) is 0 Å². The molecular weight excluding hydrogens is 954 g/mol. The number of carboxylic acid groups (broad SMARTS) is 2. The lowest BCUT2D eigenvalue weighted by Crippen LogP contribution is -2.37. The van der Waals surface area contributed by atoms with Gasteiger partial charge in [-0.25, -0.2) is 13.9 Å². The van der Waals surface area contributed by atoms with E-state index in [0.717, 1.165) is 67.4 Å². The topological polar surface area (TPSA) is 413 Å². The average molecular weight is 1010 g/mol. The van der Waals surface area contributed by atoms with Gasteiger partial charge in [0, 0.05) is 76.7 Å². The number of aliphatic hydroxyl groups excluding tert-OH is 3. The van der Waals surface area contributed by atoms with Crippen LogP contribution in [0.15, 0.2) is 80.8 Å². The molecule has 69 heavy (non-hydrogen) atoms. The highest BCUT2D eigenvalue weighted by Crippen LogP contribution is 2.53. The highest BCUT2D eigenvalue weighted by atomic mass is 31.3. The molecule has 1 saturated heterocycles. The number of phosphoric acid groups is 2. The first-order valence-corrected chi connectivity index (χ1v) is 23.5. The van der Waals surface area contributed by atoms with Crippen LogP contribution in [0.4, 0.5) is 0 Å². The molecule has 3 aromatic heterocycles. The Morgan fingerprint density at radius 3 is 1.65 bits per heavy atom. The van der Waals surface area contributed by atoms with Crippen molar-refractivity contribution in [3.8, 4) is 0 Å². The summed E-state index contributed by atoms with van der Waals surface area (Å²) in [5, 5.41) is 52.7. The maximum Gasteiger partial charge on any atom is 0.478 e. The van der Waals surface area contributed by atoms with Gasteiger partial charge in [-0.05, 0) is 80.5 Å². The van der Waals surface area contributed by atoms with Gasteiger partial charge in [0.05, 0.1) is 12.3 Å². The van der Waals surface area contributed by atoms with Crippen molar-refractivity contribution < 1.29 is 82.5 Å². The van der Waals surface area contributed by atoms with Crippen LogP contribution in [0.25, 0.3) is 12.2 Å². The van der Waals surface area contributed by atoms with E-state index < -0.39 is 70.0 Å². The number of allylic oxidation sites excluding steroid dienone is 2. The molecule has 4 atom stereocenters. The summed E-state index contributed by atoms with van der Waals surface area (Å²) in [7, 11) is -10.1. The Bertz CT molecular complexity index is 2870. The van der Waals surface area contributed by atoms with E-state index in [1.54, 1.807) is 13.0 Å². The molecule has 27 heteroatoms. The SMILES string of the molecule is C=CC1=C(C)/C(=C/c2[nH]c(Cc3[nH]c(/C=C4\NC(=O)C(C)=C4C=C)c(C)c3CCC(=O)O)c(CCC(=O)O)c2C)NC1=O.O=P(O)(O)OP(=O)(O)O.O=c1ccn([C@@H]2O[C@H](CO)[C@@H](O)[C@H]2O)c(=O)[nH]1. The largest absolute Gasteiger partial charge is 0.481 e. The Morgan fingerprint density at radius 1 is 0.754 bits per heavy atom. The molecule has 3 aliphatic rings. The molecule has 6 rings (SSSR count). The number of aliphatic hydroxyl groups is 3. The van der Waals surface area contributed by atoms with E-state index in [9.17, 15) is 58.3 Å². The Hall–Kier alpha value is -6.34. The van der Waals surface area contributed by atoms with Gasteiger partial charge in [0.25, 0.3) is 17.4 Å². The highest BCUT2D eigenvalue weighted by molar-refractivity contribution is 7.60. The van der Waals surface area contributed by atoms with Crippen molar-refractivity contribution in [2.24, 2.45) is 0 Å². The van der Waals surface area contributed by atoms with Crippen molar-refractivity contribution >= 4 is 51.6 Å². The molecule has 0 unspecified atom stereocenters. The predicted molar refractivity (Wildman–Crippen MR) is 243 cm³/mol. The van der Waals surface area contributed by atoms with E-state index in [4.69, 9.17) is 29.4 Å². The van der Waals surface area contributed by atoms with Crippen LogP contribution in [0.1, 0.15) is 77.9 Å². The maximum atomic E-state index is 12.3. The third kappa shape index (κ3) is 14.1. The fourth-order valence-electron chi connectivity index (χ4n) is 7.49. The Labute approximate surface area is 391 Å². The molecule has 14 N–H and O–H groups in total. The van der Waals surface area contributed by atoms with Crippen LogP contribution < -0.4 is 21.9 Å². The number of rotatable bonds is 16. The number of hydrogen-bond acceptors (Lipinski definition) is 13. The van der Waals surface area contributed by atoms with Gasteiger partial charge in [0.2, 0.25) is 0 Å². The van der Waals surface area contributed by atoms with Gasteiger partial charge in [-0.1, -0.05) is 25.3 Å². The molecule has 3 aliphatic heterocycles. The lowest BCUT2D eigenvalue weighted by molar-refractivity contribution is -0.138. The number of carbonyl (C=O) groups is 4. The molecule has 25 nitrogen and oxygen atoms in total. The van der Waals surface area contributed by atoms with Gasteiger partial charge in [-0.15, -0.1) is 0 Å². The zero-order chi connectivity index (χ0) is 51.9. The van der Waals surface area contributed by atoms with Gasteiger partial charge in [-0.3, -0.25) is 33.5 Å². The number of aliphatic carboxylic acids is 2. The first-order chi connectivity index (χ1) is 32.1. The van der Waals surface area contributed by atoms with E-state index >= 15 is 0 Å². The van der Waals surface area contributed by atoms with Crippen molar-refractivity contribution in [2.75, 3.05) is 6.61 Å². The zero-order valence-corrected chi connectivity index (χ0v) is 39.2. The Balaban J connectivity index is 0.000000324. The molecule has 2 amide bonds. The first kappa shape index (κ1) is 55.3. The summed E-state index contributed by atoms with van der Waals surface area (Å²) in [6.07, 6.45) is 4.00. The molecule has 0 aromatic carbocycles. The van der Waals surface area contributed by atoms with Gasteiger partial charge in [0.15, 0.2) is 6.23 Å². The summed E-state index contributed by atoms with van der Waals surface area (Å²) in [6, 6.07) is 1.09. The number of aromatic amines is 3. The number of amides is 2. The van der Waals surface area contributed by atoms with Crippen molar-refractivity contribution in [1.29, 1.82) is 0 Å². The van der Waals surface area contributed by atoms with Gasteiger partial charge < -0.3 is 70.4 Å². The van der Waals surface area contributed by atoms with E-state index in [1.165, 1.54) is 6.08 Å². The normalized spacial score (nSPS) is 20.4. The first-order valence-electron chi connectivity index (χ1n) is 20.4. The molecule has 3 aromatic rings. The third-order valence-corrected chi connectivity index (χ3v) is 12.7. The molecular formula is C42H52N6O19P2. The smallest absolute Gasteiger partial charge is 0.478 e. The molecule has 1 fully saturated rings. The molecule has 6 heterocycles. The summed E-state index contributed by atoms with van der Waals surface area (Å²) in [5.74, 6) is -2.28. The average Bonchev–Trinajstić information content (AvgIpc) is 3.96. The number of nitrogens with one attached hydrogen (secondary N) is 5. The lowest BCUT2D eigenvalue weighted by atomic mass is 9.98. The number of ether oxygens (including phenoxy) is 1. The fraction of sp³-hybridized carbons (Fsp3) is 0.333. The number of carbonyl (C=O) groups excluding carboxylic acids is 2. The number of aromatic nitrogens is 4. The third-order valence-electron chi connectivity index (χ3n) is 11.0. The molecule has 0 aliphatic carbocycles. The summed E-state index contributed by atoms with van der Waals surface area (Å²) in [5.41, 5.74) is 8.86. The van der Waals surface area contributed by atoms with Crippen LogP contribution in [0.3, 0.4) is 0 Å². The Kier molecular flexibility index (Phi) is 18.3. The predicted octanol–water partition coefficient (Wildman–Crippen LogP) is 0.868. The standard InChI is InChI=1S/C33H36N4O6.C9H12N2O6.H4O7P2/c1-7-20-19(6)32(42)37-27(20)14-25-18(5)23(10-12-31(40)41)29(35-25)15-28-22(9-11-30(38)39)17(4)24(34-28)13-26-16(3)21(8-2)33(43)36-26;12-3-4-6(14)7(15)8(17-4)11-2-1-5(13)10-9(11)16;1-8(2,3)7-9(4,5)6/h7-8,13-14,34-35H,1-2,9-12,15H2,3-6H3,(H,36,43)(H,37,42)(H,38,39)(H,40,41);1-2,4,6-8,12,14-15H,3H2,(H,10,13,16);(H2,1,2,3)(H2,4,5,6)/b26-13-,27-14-;;/t;4-,6-,7-,8-;/m.1./s1. The molecule has 0 bridgehead atoms. The van der Waals surface area contributed by atoms with E-state index in [2.05, 4.69) is 38.1 Å². The monoisotopic (exact) mass is 1010 g/mol. The molecule has 0 saturated carbocycles. The van der Waals surface area contributed by atoms with Crippen molar-refractivity contribution in [3.63, 3.8) is 0 Å². The highest BCUT2D eigenvalue weighted by Gasteiger charge is 2.43. The van der Waals surface area contributed by atoms with Crippen LogP contribution in [-0.4, -0.2) is 113 Å². The van der Waals surface area contributed by atoms with E-state index in [-0.39, 0.29) is 37.5 Å². The van der Waals surface area contributed by atoms with E-state index in [0.29, 0.717) is 34.5 Å². The van der Waals surface area contributed by atoms with Gasteiger partial charge in [-0.2, -0.15) is 4.31 Å². The number of hydrogen-bond donors (Lipinski definition) is 14. The van der Waals surface area contributed by atoms with Crippen LogP contribution >= 0.6 is 15.6 Å². The quantitative estimate of drug-likeness (QED) is 0.0885. The van der Waals surface area contributed by atoms with Crippen molar-refractivity contribution in [1.82, 2.24) is 30.2 Å². The van der Waals surface area contributed by atoms with Gasteiger partial charge >= 0.3 is 33.3 Å². The number of H-pyrrole nitrogens is 3. The number of nitrogens with zero attached hydrogens (tertiary/aromatic N) is 1. The number of carboxylic acids is 2. The summed E-state index contributed by atoms with van der Waals surface area (Å²) in [4.78, 5) is 110. The minimum absolute atomic E-state index is 0.0688. The molecule has 0 spiro atoms. The molecule has 0 radical (unpaired) electrons. The second kappa shape index (κ2) is 22.8. The minimum atomic E-state index is -5.05.